The zero-order valence-corrected chi connectivity index (χ0v) is 15.8. The van der Waals surface area contributed by atoms with Gasteiger partial charge in [-0.25, -0.2) is 8.42 Å². The van der Waals surface area contributed by atoms with Gasteiger partial charge < -0.3 is 0 Å². The van der Waals surface area contributed by atoms with Crippen molar-refractivity contribution < 1.29 is 13.2 Å². The Morgan fingerprint density at radius 1 is 0.778 bits per heavy atom. The summed E-state index contributed by atoms with van der Waals surface area (Å²) < 4.78 is 26.7. The molecule has 4 rings (SSSR count). The second kappa shape index (κ2) is 6.80. The highest BCUT2D eigenvalue weighted by Gasteiger charge is 2.37. The van der Waals surface area contributed by atoms with Crippen LogP contribution in [0.5, 0.6) is 0 Å². The topological polar surface area (TPSA) is 51.2 Å². The third-order valence-electron chi connectivity index (χ3n) is 4.57. The number of sulfone groups is 1. The monoisotopic (exact) mass is 394 g/mol. The summed E-state index contributed by atoms with van der Waals surface area (Å²) in [6.45, 7) is 0. The molecule has 134 valence electrons. The Morgan fingerprint density at radius 3 is 2.11 bits per heavy atom. The lowest BCUT2D eigenvalue weighted by Crippen LogP contribution is -2.22. The Labute approximate surface area is 162 Å². The molecule has 3 nitrogen and oxygen atoms in total. The van der Waals surface area contributed by atoms with Gasteiger partial charge in [-0.2, -0.15) is 0 Å². The minimum absolute atomic E-state index is 0.0636. The van der Waals surface area contributed by atoms with E-state index in [0.29, 0.717) is 10.6 Å². The molecule has 0 aliphatic carbocycles. The molecule has 0 unspecified atom stereocenters. The third-order valence-corrected chi connectivity index (χ3v) is 6.77. The summed E-state index contributed by atoms with van der Waals surface area (Å²) >= 11 is 5.95. The van der Waals surface area contributed by atoms with E-state index in [1.807, 2.05) is 6.07 Å². The van der Waals surface area contributed by atoms with Crippen molar-refractivity contribution in [1.82, 2.24) is 0 Å². The van der Waals surface area contributed by atoms with Crippen LogP contribution < -0.4 is 0 Å². The maximum atomic E-state index is 13.4. The summed E-state index contributed by atoms with van der Waals surface area (Å²) in [5, 5.41) is 0.587. The quantitative estimate of drug-likeness (QED) is 0.630. The third kappa shape index (κ3) is 3.11. The Bertz CT molecular complexity index is 1160. The molecule has 0 saturated heterocycles. The first-order valence-corrected chi connectivity index (χ1v) is 10.3. The Morgan fingerprint density at radius 2 is 1.41 bits per heavy atom. The summed E-state index contributed by atoms with van der Waals surface area (Å²) in [5.41, 5.74) is 1.85. The molecular formula is C22H15ClO3S. The zero-order chi connectivity index (χ0) is 19.0. The highest BCUT2D eigenvalue weighted by Crippen LogP contribution is 2.39. The van der Waals surface area contributed by atoms with Gasteiger partial charge in [0.15, 0.2) is 5.78 Å². The van der Waals surface area contributed by atoms with E-state index < -0.39 is 9.84 Å². The first-order valence-electron chi connectivity index (χ1n) is 8.40. The van der Waals surface area contributed by atoms with E-state index in [1.54, 1.807) is 66.7 Å². The van der Waals surface area contributed by atoms with E-state index in [9.17, 15) is 13.2 Å². The van der Waals surface area contributed by atoms with Gasteiger partial charge >= 0.3 is 0 Å². The maximum absolute atomic E-state index is 13.4. The van der Waals surface area contributed by atoms with Gasteiger partial charge in [0.1, 0.15) is 0 Å². The second-order valence-corrected chi connectivity index (χ2v) is 8.60. The fourth-order valence-electron chi connectivity index (χ4n) is 3.31. The number of hydrogen-bond acceptors (Lipinski definition) is 3. The van der Waals surface area contributed by atoms with E-state index >= 15 is 0 Å². The van der Waals surface area contributed by atoms with Crippen molar-refractivity contribution in [3.05, 3.63) is 106 Å². The molecule has 0 saturated carbocycles. The van der Waals surface area contributed by atoms with Gasteiger partial charge in [0.2, 0.25) is 9.84 Å². The highest BCUT2D eigenvalue weighted by atomic mass is 35.5. The van der Waals surface area contributed by atoms with Crippen LogP contribution in [0.2, 0.25) is 5.02 Å². The lowest BCUT2D eigenvalue weighted by molar-refractivity contribution is 0.102. The van der Waals surface area contributed by atoms with Crippen molar-refractivity contribution in [1.29, 1.82) is 0 Å². The van der Waals surface area contributed by atoms with Gasteiger partial charge in [0.25, 0.3) is 0 Å². The van der Waals surface area contributed by atoms with E-state index in [1.165, 1.54) is 6.07 Å². The lowest BCUT2D eigenvalue weighted by Gasteiger charge is -2.22. The van der Waals surface area contributed by atoms with Gasteiger partial charge in [-0.15, -0.1) is 0 Å². The average Bonchev–Trinajstić information content (AvgIpc) is 2.68. The zero-order valence-electron chi connectivity index (χ0n) is 14.2. The van der Waals surface area contributed by atoms with Crippen LogP contribution in [0.1, 0.15) is 21.5 Å². The molecule has 0 N–H and O–H groups in total. The summed E-state index contributed by atoms with van der Waals surface area (Å²) in [6.07, 6.45) is 0.216. The largest absolute Gasteiger partial charge is 0.289 e. The molecule has 0 fully saturated rings. The number of carbonyl (C=O) groups excluding carboxylic acids is 1. The molecule has 0 spiro atoms. The molecule has 3 aromatic carbocycles. The molecule has 3 aromatic rings. The van der Waals surface area contributed by atoms with Crippen molar-refractivity contribution in [3.8, 4) is 0 Å². The smallest absolute Gasteiger partial charge is 0.208 e. The van der Waals surface area contributed by atoms with Crippen molar-refractivity contribution in [2.75, 3.05) is 0 Å². The van der Waals surface area contributed by atoms with Crippen LogP contribution in [0.25, 0.3) is 4.91 Å². The van der Waals surface area contributed by atoms with Gasteiger partial charge in [-0.05, 0) is 35.4 Å². The Balaban J connectivity index is 1.98. The second-order valence-electron chi connectivity index (χ2n) is 6.31. The van der Waals surface area contributed by atoms with Crippen LogP contribution in [-0.2, 0) is 16.3 Å². The SMILES string of the molecule is O=C1C(Cc2ccc(Cl)cc2)=C(c2ccccc2)S(=O)(=O)c2ccccc21. The number of allylic oxidation sites excluding steroid dienone is 1. The number of halogens is 1. The van der Waals surface area contributed by atoms with Crippen molar-refractivity contribution in [3.63, 3.8) is 0 Å². The molecule has 0 bridgehead atoms. The number of fused-ring (bicyclic) bond motifs is 1. The van der Waals surface area contributed by atoms with Crippen molar-refractivity contribution in [2.45, 2.75) is 11.3 Å². The summed E-state index contributed by atoms with van der Waals surface area (Å²) in [6, 6.07) is 22.2. The standard InChI is InChI=1S/C22H15ClO3S/c23-17-12-10-15(11-13-17)14-19-21(24)18-8-4-5-9-20(18)27(25,26)22(19)16-6-2-1-3-7-16/h1-13H,14H2. The fraction of sp³-hybridized carbons (Fsp3) is 0.0455. The molecule has 5 heteroatoms. The molecule has 27 heavy (non-hydrogen) atoms. The number of benzene rings is 3. The Kier molecular flexibility index (Phi) is 4.46. The first-order chi connectivity index (χ1) is 13.0. The molecule has 1 aliphatic rings. The van der Waals surface area contributed by atoms with E-state index in [2.05, 4.69) is 0 Å². The lowest BCUT2D eigenvalue weighted by atomic mass is 9.94. The Hall–Kier alpha value is -2.69. The molecule has 1 heterocycles. The summed E-state index contributed by atoms with van der Waals surface area (Å²) in [4.78, 5) is 13.4. The predicted octanol–water partition coefficient (Wildman–Crippen LogP) is 4.96. The highest BCUT2D eigenvalue weighted by molar-refractivity contribution is 8.01. The van der Waals surface area contributed by atoms with E-state index in [4.69, 9.17) is 11.6 Å². The molecule has 0 atom stereocenters. The van der Waals surface area contributed by atoms with Crippen LogP contribution in [-0.4, -0.2) is 14.2 Å². The maximum Gasteiger partial charge on any atom is 0.208 e. The number of ketones is 1. The van der Waals surface area contributed by atoms with Crippen LogP contribution in [0.3, 0.4) is 0 Å². The molecule has 0 amide bonds. The van der Waals surface area contributed by atoms with Gasteiger partial charge in [-0.1, -0.05) is 66.2 Å². The van der Waals surface area contributed by atoms with Gasteiger partial charge in [0.05, 0.1) is 9.80 Å². The average molecular weight is 395 g/mol. The number of rotatable bonds is 3. The normalized spacial score (nSPS) is 15.5. The van der Waals surface area contributed by atoms with Crippen LogP contribution >= 0.6 is 11.6 Å². The number of Topliss-reactive ketones (excluding diaryl/α,β-unsaturated/α-hetero) is 1. The molecule has 0 aromatic heterocycles. The van der Waals surface area contributed by atoms with E-state index in [-0.39, 0.29) is 33.1 Å². The van der Waals surface area contributed by atoms with Crippen molar-refractivity contribution >= 4 is 32.1 Å². The molecule has 0 radical (unpaired) electrons. The molecule has 1 aliphatic heterocycles. The minimum atomic E-state index is -3.81. The van der Waals surface area contributed by atoms with Crippen LogP contribution in [0.15, 0.2) is 89.3 Å². The van der Waals surface area contributed by atoms with Gasteiger partial charge in [0, 0.05) is 22.6 Å². The van der Waals surface area contributed by atoms with Crippen molar-refractivity contribution in [2.24, 2.45) is 0 Å². The summed E-state index contributed by atoms with van der Waals surface area (Å²) in [7, 11) is -3.81. The number of hydrogen-bond donors (Lipinski definition) is 0. The minimum Gasteiger partial charge on any atom is -0.289 e. The number of carbonyl (C=O) groups is 1. The molecular weight excluding hydrogens is 380 g/mol. The van der Waals surface area contributed by atoms with Crippen LogP contribution in [0.4, 0.5) is 0 Å². The van der Waals surface area contributed by atoms with Crippen LogP contribution in [0, 0.1) is 0 Å². The fourth-order valence-corrected chi connectivity index (χ4v) is 5.30. The van der Waals surface area contributed by atoms with E-state index in [0.717, 1.165) is 5.56 Å². The predicted molar refractivity (Wildman–Crippen MR) is 106 cm³/mol. The first kappa shape index (κ1) is 17.7. The summed E-state index contributed by atoms with van der Waals surface area (Å²) in [5.74, 6) is -0.255. The van der Waals surface area contributed by atoms with Gasteiger partial charge in [-0.3, -0.25) is 4.79 Å².